The van der Waals surface area contributed by atoms with E-state index in [0.29, 0.717) is 66.4 Å². The van der Waals surface area contributed by atoms with Crippen LogP contribution in [-0.4, -0.2) is 60.8 Å². The molecule has 1 fully saturated rings. The molecule has 1 N–H and O–H groups in total. The van der Waals surface area contributed by atoms with Crippen LogP contribution in [0.2, 0.25) is 0 Å². The molecule has 0 saturated carbocycles. The van der Waals surface area contributed by atoms with Gasteiger partial charge in [-0.15, -0.1) is 0 Å². The predicted molar refractivity (Wildman–Crippen MR) is 93.3 cm³/mol. The summed E-state index contributed by atoms with van der Waals surface area (Å²) in [4.78, 5) is 11.2. The van der Waals surface area contributed by atoms with Gasteiger partial charge in [0.15, 0.2) is 11.6 Å². The first kappa shape index (κ1) is 16.3. The van der Waals surface area contributed by atoms with Crippen molar-refractivity contribution in [2.45, 2.75) is 0 Å². The van der Waals surface area contributed by atoms with Crippen molar-refractivity contribution in [2.24, 2.45) is 0 Å². The molecule has 0 amide bonds. The molecule has 10 nitrogen and oxygen atoms in total. The largest absolute Gasteiger partial charge is 0.497 e. The Hall–Kier alpha value is -3.14. The highest BCUT2D eigenvalue weighted by atomic mass is 16.6. The van der Waals surface area contributed by atoms with Crippen LogP contribution in [-0.2, 0) is 4.74 Å². The van der Waals surface area contributed by atoms with Gasteiger partial charge in [0.05, 0.1) is 33.1 Å². The number of fused-ring (bicyclic) bond motifs is 1. The van der Waals surface area contributed by atoms with Crippen molar-refractivity contribution in [1.82, 2.24) is 20.3 Å². The van der Waals surface area contributed by atoms with E-state index in [1.165, 1.54) is 0 Å². The molecule has 1 aromatic carbocycles. The molecule has 0 spiro atoms. The number of methoxy groups -OCH3 is 2. The lowest BCUT2D eigenvalue weighted by atomic mass is 10.2. The molecule has 3 aromatic rings. The van der Waals surface area contributed by atoms with Gasteiger partial charge in [0.1, 0.15) is 11.5 Å². The van der Waals surface area contributed by atoms with Gasteiger partial charge in [-0.1, -0.05) is 0 Å². The van der Waals surface area contributed by atoms with Crippen molar-refractivity contribution >= 4 is 28.6 Å². The molecule has 26 heavy (non-hydrogen) atoms. The summed E-state index contributed by atoms with van der Waals surface area (Å²) >= 11 is 0. The van der Waals surface area contributed by atoms with Gasteiger partial charge in [-0.3, -0.25) is 0 Å². The number of benzene rings is 1. The van der Waals surface area contributed by atoms with Crippen molar-refractivity contribution in [2.75, 3.05) is 50.7 Å². The fourth-order valence-electron chi connectivity index (χ4n) is 2.75. The number of nitrogens with zero attached hydrogens (tertiary/aromatic N) is 5. The second-order valence-electron chi connectivity index (χ2n) is 5.60. The fraction of sp³-hybridized carbons (Fsp3) is 0.375. The third kappa shape index (κ3) is 3.06. The molecule has 4 rings (SSSR count). The van der Waals surface area contributed by atoms with Crippen molar-refractivity contribution in [3.8, 4) is 11.5 Å². The topological polar surface area (TPSA) is 108 Å². The molecule has 0 radical (unpaired) electrons. The number of aromatic nitrogens is 4. The van der Waals surface area contributed by atoms with Gasteiger partial charge in [-0.05, 0) is 22.4 Å². The molecule has 0 unspecified atom stereocenters. The average molecular weight is 358 g/mol. The summed E-state index contributed by atoms with van der Waals surface area (Å²) in [5.41, 5.74) is 1.38. The van der Waals surface area contributed by atoms with Crippen LogP contribution in [0, 0.1) is 0 Å². The normalized spacial score (nSPS) is 14.5. The number of anilines is 3. The first-order chi connectivity index (χ1) is 12.8. The number of ether oxygens (including phenoxy) is 3. The van der Waals surface area contributed by atoms with E-state index in [4.69, 9.17) is 18.8 Å². The summed E-state index contributed by atoms with van der Waals surface area (Å²) in [6.07, 6.45) is 0. The second kappa shape index (κ2) is 7.00. The van der Waals surface area contributed by atoms with Crippen LogP contribution in [0.4, 0.5) is 17.3 Å². The van der Waals surface area contributed by atoms with E-state index in [2.05, 4.69) is 30.5 Å². The average Bonchev–Trinajstić information content (AvgIpc) is 3.15. The van der Waals surface area contributed by atoms with E-state index >= 15 is 0 Å². The van der Waals surface area contributed by atoms with E-state index < -0.39 is 0 Å². The van der Waals surface area contributed by atoms with Gasteiger partial charge >= 0.3 is 0 Å². The second-order valence-corrected chi connectivity index (χ2v) is 5.60. The van der Waals surface area contributed by atoms with Crippen LogP contribution in [0.5, 0.6) is 11.5 Å². The van der Waals surface area contributed by atoms with Crippen LogP contribution in [0.15, 0.2) is 22.8 Å². The number of hydrogen-bond acceptors (Lipinski definition) is 10. The van der Waals surface area contributed by atoms with E-state index in [1.807, 2.05) is 18.2 Å². The zero-order valence-corrected chi connectivity index (χ0v) is 14.4. The van der Waals surface area contributed by atoms with Crippen LogP contribution >= 0.6 is 0 Å². The molecule has 0 aliphatic carbocycles. The molecule has 3 heterocycles. The zero-order valence-electron chi connectivity index (χ0n) is 14.4. The Morgan fingerprint density at radius 2 is 1.81 bits per heavy atom. The maximum atomic E-state index is 5.43. The molecular weight excluding hydrogens is 340 g/mol. The van der Waals surface area contributed by atoms with Gasteiger partial charge in [0.2, 0.25) is 11.3 Å². The first-order valence-electron chi connectivity index (χ1n) is 8.10. The maximum Gasteiger partial charge on any atom is 0.245 e. The summed E-state index contributed by atoms with van der Waals surface area (Å²) in [7, 11) is 3.21. The highest BCUT2D eigenvalue weighted by molar-refractivity contribution is 5.79. The van der Waals surface area contributed by atoms with Crippen LogP contribution in [0.1, 0.15) is 0 Å². The SMILES string of the molecule is COc1ccc(OC)c(Nc2nc3nonc3nc2N2CCOCC2)c1. The lowest BCUT2D eigenvalue weighted by molar-refractivity contribution is 0.122. The molecule has 2 aromatic heterocycles. The highest BCUT2D eigenvalue weighted by Gasteiger charge is 2.21. The summed E-state index contributed by atoms with van der Waals surface area (Å²) in [6.45, 7) is 2.65. The molecule has 0 bridgehead atoms. The monoisotopic (exact) mass is 358 g/mol. The van der Waals surface area contributed by atoms with Crippen molar-refractivity contribution in [3.63, 3.8) is 0 Å². The summed E-state index contributed by atoms with van der Waals surface area (Å²) in [5, 5.41) is 10.9. The molecule has 136 valence electrons. The molecular formula is C16H18N6O4. The minimum absolute atomic E-state index is 0.325. The quantitative estimate of drug-likeness (QED) is 0.722. The lowest BCUT2D eigenvalue weighted by Gasteiger charge is -2.28. The molecule has 0 atom stereocenters. The Labute approximate surface area is 149 Å². The summed E-state index contributed by atoms with van der Waals surface area (Å²) in [5.74, 6) is 2.53. The van der Waals surface area contributed by atoms with Crippen molar-refractivity contribution in [3.05, 3.63) is 18.2 Å². The van der Waals surface area contributed by atoms with Crippen LogP contribution in [0.3, 0.4) is 0 Å². The molecule has 1 saturated heterocycles. The Morgan fingerprint density at radius 1 is 1.04 bits per heavy atom. The Kier molecular flexibility index (Phi) is 4.40. The smallest absolute Gasteiger partial charge is 0.245 e. The summed E-state index contributed by atoms with van der Waals surface area (Å²) < 4.78 is 20.9. The first-order valence-corrected chi connectivity index (χ1v) is 8.10. The van der Waals surface area contributed by atoms with Gasteiger partial charge in [0.25, 0.3) is 0 Å². The van der Waals surface area contributed by atoms with Crippen LogP contribution in [0.25, 0.3) is 11.3 Å². The Balaban J connectivity index is 1.77. The van der Waals surface area contributed by atoms with E-state index in [0.717, 1.165) is 0 Å². The third-order valence-electron chi connectivity index (χ3n) is 4.07. The van der Waals surface area contributed by atoms with Gasteiger partial charge in [-0.25, -0.2) is 14.6 Å². The number of morpholine rings is 1. The Morgan fingerprint density at radius 3 is 2.54 bits per heavy atom. The van der Waals surface area contributed by atoms with Crippen molar-refractivity contribution in [1.29, 1.82) is 0 Å². The van der Waals surface area contributed by atoms with Gasteiger partial charge in [-0.2, -0.15) is 0 Å². The number of hydrogen-bond donors (Lipinski definition) is 1. The molecule has 1 aliphatic heterocycles. The predicted octanol–water partition coefficient (Wildman–Crippen LogP) is 1.61. The standard InChI is InChI=1S/C16H18N6O4/c1-23-10-3-4-12(24-2)11(9-10)17-15-16(22-5-7-25-8-6-22)19-14-13(18-15)20-26-21-14/h3-4,9H,5-8H2,1-2H3,(H,17,18,20). The lowest BCUT2D eigenvalue weighted by Crippen LogP contribution is -2.37. The minimum Gasteiger partial charge on any atom is -0.497 e. The van der Waals surface area contributed by atoms with E-state index in [9.17, 15) is 0 Å². The van der Waals surface area contributed by atoms with Crippen LogP contribution < -0.4 is 19.7 Å². The zero-order chi connectivity index (χ0) is 17.9. The van der Waals surface area contributed by atoms with Gasteiger partial charge in [0, 0.05) is 19.2 Å². The summed E-state index contributed by atoms with van der Waals surface area (Å²) in [6, 6.07) is 5.47. The molecule has 1 aliphatic rings. The minimum atomic E-state index is 0.325. The highest BCUT2D eigenvalue weighted by Crippen LogP contribution is 2.34. The maximum absolute atomic E-state index is 5.43. The molecule has 10 heteroatoms. The van der Waals surface area contributed by atoms with Crippen molar-refractivity contribution < 1.29 is 18.8 Å². The Bertz CT molecular complexity index is 909. The number of rotatable bonds is 5. The third-order valence-corrected chi connectivity index (χ3v) is 4.07. The van der Waals surface area contributed by atoms with Gasteiger partial charge < -0.3 is 24.4 Å². The number of nitrogens with one attached hydrogen (secondary N) is 1. The fourth-order valence-corrected chi connectivity index (χ4v) is 2.75. The van der Waals surface area contributed by atoms with E-state index in [1.54, 1.807) is 14.2 Å². The van der Waals surface area contributed by atoms with E-state index in [-0.39, 0.29) is 0 Å².